The standard InChI is InChI=1S/C37H76N4/c1-5-9-13-17-21-25-30-36(31-26-22-18-14-10-6-2)38-40(36)34-29-35-41-37(39-41,32-27-23-19-15-11-7-3)33-28-24-20-16-12-8-4/h38-39H,5-35H2,1-4H3. The molecule has 2 unspecified atom stereocenters. The van der Waals surface area contributed by atoms with Gasteiger partial charge in [0.2, 0.25) is 0 Å². The van der Waals surface area contributed by atoms with E-state index in [1.54, 1.807) is 0 Å². The highest BCUT2D eigenvalue weighted by Gasteiger charge is 2.52. The average molecular weight is 577 g/mol. The molecule has 244 valence electrons. The van der Waals surface area contributed by atoms with Gasteiger partial charge in [-0.1, -0.05) is 182 Å². The van der Waals surface area contributed by atoms with Crippen LogP contribution >= 0.6 is 0 Å². The van der Waals surface area contributed by atoms with Crippen LogP contribution in [-0.4, -0.2) is 34.4 Å². The molecule has 4 nitrogen and oxygen atoms in total. The summed E-state index contributed by atoms with van der Waals surface area (Å²) < 4.78 is 0. The predicted molar refractivity (Wildman–Crippen MR) is 182 cm³/mol. The summed E-state index contributed by atoms with van der Waals surface area (Å²) in [5.41, 5.74) is 8.48. The Morgan fingerprint density at radius 3 is 0.829 bits per heavy atom. The van der Waals surface area contributed by atoms with Crippen LogP contribution < -0.4 is 10.9 Å². The molecule has 0 bridgehead atoms. The number of hydrazine groups is 2. The minimum Gasteiger partial charge on any atom is -0.232 e. The van der Waals surface area contributed by atoms with E-state index in [-0.39, 0.29) is 0 Å². The second kappa shape index (κ2) is 23.3. The topological polar surface area (TPSA) is 49.9 Å². The molecule has 0 aromatic carbocycles. The summed E-state index contributed by atoms with van der Waals surface area (Å²) in [6.07, 6.45) is 40.5. The maximum absolute atomic E-state index is 3.91. The van der Waals surface area contributed by atoms with Crippen LogP contribution in [-0.2, 0) is 0 Å². The number of hydrogen-bond donors (Lipinski definition) is 2. The van der Waals surface area contributed by atoms with Crippen molar-refractivity contribution in [2.45, 2.75) is 225 Å². The maximum atomic E-state index is 3.91. The maximum Gasteiger partial charge on any atom is 0.0974 e. The molecule has 2 atom stereocenters. The van der Waals surface area contributed by atoms with Crippen molar-refractivity contribution in [1.29, 1.82) is 0 Å². The minimum absolute atomic E-state index is 0.329. The quantitative estimate of drug-likeness (QED) is 0.0617. The Bertz CT molecular complexity index is 511. The van der Waals surface area contributed by atoms with Crippen molar-refractivity contribution in [3.05, 3.63) is 0 Å². The third-order valence-electron chi connectivity index (χ3n) is 10.2. The zero-order chi connectivity index (χ0) is 29.5. The van der Waals surface area contributed by atoms with Gasteiger partial charge < -0.3 is 0 Å². The molecule has 0 radical (unpaired) electrons. The Morgan fingerprint density at radius 2 is 0.561 bits per heavy atom. The van der Waals surface area contributed by atoms with E-state index in [1.165, 1.54) is 199 Å². The van der Waals surface area contributed by atoms with Gasteiger partial charge in [-0.3, -0.25) is 0 Å². The van der Waals surface area contributed by atoms with Crippen molar-refractivity contribution in [3.8, 4) is 0 Å². The van der Waals surface area contributed by atoms with Crippen LogP contribution in [0.4, 0.5) is 0 Å². The van der Waals surface area contributed by atoms with E-state index < -0.39 is 0 Å². The molecule has 2 aliphatic rings. The van der Waals surface area contributed by atoms with Crippen molar-refractivity contribution >= 4 is 0 Å². The summed E-state index contributed by atoms with van der Waals surface area (Å²) in [6.45, 7) is 11.7. The highest BCUT2D eigenvalue weighted by molar-refractivity contribution is 5.00. The molecule has 41 heavy (non-hydrogen) atoms. The first-order valence-electron chi connectivity index (χ1n) is 19.3. The minimum atomic E-state index is 0.329. The van der Waals surface area contributed by atoms with Crippen molar-refractivity contribution in [1.82, 2.24) is 20.9 Å². The lowest BCUT2D eigenvalue weighted by Crippen LogP contribution is -2.23. The van der Waals surface area contributed by atoms with Crippen LogP contribution in [0.1, 0.15) is 214 Å². The van der Waals surface area contributed by atoms with Crippen LogP contribution in [0.3, 0.4) is 0 Å². The lowest BCUT2D eigenvalue weighted by atomic mass is 9.97. The van der Waals surface area contributed by atoms with E-state index in [0.717, 1.165) is 0 Å². The highest BCUT2D eigenvalue weighted by Crippen LogP contribution is 2.39. The van der Waals surface area contributed by atoms with Crippen LogP contribution in [0.5, 0.6) is 0 Å². The monoisotopic (exact) mass is 577 g/mol. The summed E-state index contributed by atoms with van der Waals surface area (Å²) in [5, 5.41) is 5.30. The van der Waals surface area contributed by atoms with Gasteiger partial charge in [0.25, 0.3) is 0 Å². The predicted octanol–water partition coefficient (Wildman–Crippen LogP) is 11.4. The van der Waals surface area contributed by atoms with Gasteiger partial charge in [-0.25, -0.2) is 20.9 Å². The molecule has 0 amide bonds. The summed E-state index contributed by atoms with van der Waals surface area (Å²) in [4.78, 5) is 0. The van der Waals surface area contributed by atoms with Gasteiger partial charge in [-0.05, 0) is 32.1 Å². The molecule has 0 aromatic rings. The first-order valence-corrected chi connectivity index (χ1v) is 19.3. The lowest BCUT2D eigenvalue weighted by Gasteiger charge is -2.17. The summed E-state index contributed by atoms with van der Waals surface area (Å²) >= 11 is 0. The summed E-state index contributed by atoms with van der Waals surface area (Å²) in [6, 6.07) is 0. The zero-order valence-corrected chi connectivity index (χ0v) is 28.8. The molecule has 2 rings (SSSR count). The molecule has 0 aliphatic carbocycles. The number of hydrogen-bond acceptors (Lipinski definition) is 4. The van der Waals surface area contributed by atoms with Crippen LogP contribution in [0.25, 0.3) is 0 Å². The SMILES string of the molecule is CCCCCCCCC1(CCCCCCCC)NN1CCCN1NC1(CCCCCCCC)CCCCCCCC. The molecule has 2 aliphatic heterocycles. The fourth-order valence-corrected chi connectivity index (χ4v) is 7.18. The van der Waals surface area contributed by atoms with E-state index in [2.05, 4.69) is 48.6 Å². The van der Waals surface area contributed by atoms with Gasteiger partial charge >= 0.3 is 0 Å². The third kappa shape index (κ3) is 15.9. The van der Waals surface area contributed by atoms with Gasteiger partial charge in [0.05, 0.1) is 11.3 Å². The van der Waals surface area contributed by atoms with Crippen LogP contribution in [0.15, 0.2) is 0 Å². The molecule has 2 saturated heterocycles. The Hall–Kier alpha value is -0.160. The van der Waals surface area contributed by atoms with Crippen LogP contribution in [0.2, 0.25) is 0 Å². The molecular weight excluding hydrogens is 500 g/mol. The number of unbranched alkanes of at least 4 members (excludes halogenated alkanes) is 20. The fraction of sp³-hybridized carbons (Fsp3) is 1.00. The van der Waals surface area contributed by atoms with Crippen LogP contribution in [0, 0.1) is 0 Å². The second-order valence-electron chi connectivity index (χ2n) is 14.0. The van der Waals surface area contributed by atoms with E-state index in [0.29, 0.717) is 11.3 Å². The normalized spacial score (nSPS) is 20.5. The smallest absolute Gasteiger partial charge is 0.0974 e. The number of rotatable bonds is 32. The van der Waals surface area contributed by atoms with E-state index in [9.17, 15) is 0 Å². The number of nitrogens with one attached hydrogen (secondary N) is 2. The number of nitrogens with zero attached hydrogens (tertiary/aromatic N) is 2. The molecule has 2 fully saturated rings. The first-order chi connectivity index (χ1) is 20.2. The molecule has 2 heterocycles. The van der Waals surface area contributed by atoms with Gasteiger partial charge in [-0.15, -0.1) is 0 Å². The third-order valence-corrected chi connectivity index (χ3v) is 10.2. The Balaban J connectivity index is 1.73. The Labute approximate surface area is 258 Å². The van der Waals surface area contributed by atoms with Gasteiger partial charge in [0.1, 0.15) is 0 Å². The largest absolute Gasteiger partial charge is 0.232 e. The van der Waals surface area contributed by atoms with Crippen molar-refractivity contribution in [2.75, 3.05) is 13.1 Å². The van der Waals surface area contributed by atoms with E-state index in [4.69, 9.17) is 0 Å². The Kier molecular flexibility index (Phi) is 21.0. The highest BCUT2D eigenvalue weighted by atomic mass is 15.8. The zero-order valence-electron chi connectivity index (χ0n) is 28.8. The molecule has 4 heteroatoms. The molecular formula is C37H76N4. The van der Waals surface area contributed by atoms with E-state index in [1.807, 2.05) is 0 Å². The van der Waals surface area contributed by atoms with Gasteiger partial charge in [0, 0.05) is 13.1 Å². The molecule has 0 saturated carbocycles. The van der Waals surface area contributed by atoms with Crippen molar-refractivity contribution in [3.63, 3.8) is 0 Å². The lowest BCUT2D eigenvalue weighted by molar-refractivity contribution is 0.303. The van der Waals surface area contributed by atoms with Gasteiger partial charge in [-0.2, -0.15) is 0 Å². The Morgan fingerprint density at radius 1 is 0.317 bits per heavy atom. The summed E-state index contributed by atoms with van der Waals surface area (Å²) in [7, 11) is 0. The van der Waals surface area contributed by atoms with Crippen molar-refractivity contribution in [2.24, 2.45) is 0 Å². The molecule has 2 N–H and O–H groups in total. The average Bonchev–Trinajstić information content (AvgIpc) is 3.87. The molecule has 0 spiro atoms. The van der Waals surface area contributed by atoms with Crippen molar-refractivity contribution < 1.29 is 0 Å². The van der Waals surface area contributed by atoms with Gasteiger partial charge in [0.15, 0.2) is 0 Å². The fourth-order valence-electron chi connectivity index (χ4n) is 7.18. The second-order valence-corrected chi connectivity index (χ2v) is 14.0. The molecule has 0 aromatic heterocycles. The first kappa shape index (κ1) is 37.0. The summed E-state index contributed by atoms with van der Waals surface area (Å²) in [5.74, 6) is 0. The van der Waals surface area contributed by atoms with E-state index >= 15 is 0 Å².